The summed E-state index contributed by atoms with van der Waals surface area (Å²) in [6.07, 6.45) is 6.54. The summed E-state index contributed by atoms with van der Waals surface area (Å²) in [5.74, 6) is 0.879. The lowest BCUT2D eigenvalue weighted by atomic mass is 10.1. The summed E-state index contributed by atoms with van der Waals surface area (Å²) >= 11 is 0. The van der Waals surface area contributed by atoms with Crippen LogP contribution in [0.15, 0.2) is 49.1 Å². The van der Waals surface area contributed by atoms with Crippen LogP contribution in [0.5, 0.6) is 0 Å². The van der Waals surface area contributed by atoms with Gasteiger partial charge < -0.3 is 22.9 Å². The molecule has 4 heterocycles. The molecule has 0 fully saturated rings. The molecular formula is C18H20N10. The third-order valence-electron chi connectivity index (χ3n) is 4.40. The molecule has 4 aromatic rings. The van der Waals surface area contributed by atoms with Crippen LogP contribution in [0.25, 0.3) is 11.4 Å². The summed E-state index contributed by atoms with van der Waals surface area (Å²) in [4.78, 5) is 8.87. The number of hydrogen-bond acceptors (Lipinski definition) is 8. The van der Waals surface area contributed by atoms with Crippen molar-refractivity contribution in [1.29, 1.82) is 0 Å². The molecule has 0 aliphatic heterocycles. The Morgan fingerprint density at radius 1 is 0.679 bits per heavy atom. The molecule has 10 nitrogen and oxygen atoms in total. The van der Waals surface area contributed by atoms with Crippen LogP contribution in [0.2, 0.25) is 0 Å². The molecule has 10 heteroatoms. The van der Waals surface area contributed by atoms with Crippen LogP contribution in [0.4, 0.5) is 23.0 Å². The van der Waals surface area contributed by atoms with Gasteiger partial charge in [0, 0.05) is 12.4 Å². The van der Waals surface area contributed by atoms with E-state index in [9.17, 15) is 0 Å². The normalized spacial score (nSPS) is 11.0. The van der Waals surface area contributed by atoms with Crippen LogP contribution in [-0.2, 0) is 13.1 Å². The first kappa shape index (κ1) is 17.3. The molecule has 0 aliphatic rings. The topological polar surface area (TPSA) is 166 Å². The Hall–Kier alpha value is -4.08. The minimum absolute atomic E-state index is 0.439. The quantitative estimate of drug-likeness (QED) is 0.400. The number of nitrogens with zero attached hydrogens (tertiary/aromatic N) is 6. The molecule has 8 N–H and O–H groups in total. The van der Waals surface area contributed by atoms with Gasteiger partial charge in [0.25, 0.3) is 0 Å². The van der Waals surface area contributed by atoms with Gasteiger partial charge in [0.1, 0.15) is 11.6 Å². The van der Waals surface area contributed by atoms with Crippen LogP contribution >= 0.6 is 0 Å². The lowest BCUT2D eigenvalue weighted by Gasteiger charge is -2.08. The molecule has 0 unspecified atom stereocenters. The maximum absolute atomic E-state index is 5.93. The number of hydrogen-bond donors (Lipinski definition) is 4. The molecule has 4 rings (SSSR count). The molecule has 0 saturated carbocycles. The average molecular weight is 376 g/mol. The number of aromatic nitrogens is 6. The van der Waals surface area contributed by atoms with Crippen LogP contribution in [0, 0.1) is 0 Å². The third-order valence-corrected chi connectivity index (χ3v) is 4.40. The third kappa shape index (κ3) is 3.30. The smallest absolute Gasteiger partial charge is 0.145 e. The van der Waals surface area contributed by atoms with E-state index in [2.05, 4.69) is 20.2 Å². The van der Waals surface area contributed by atoms with Crippen molar-refractivity contribution in [1.82, 2.24) is 29.5 Å². The van der Waals surface area contributed by atoms with E-state index in [4.69, 9.17) is 22.9 Å². The summed E-state index contributed by atoms with van der Waals surface area (Å²) in [5, 5.41) is 8.37. The Morgan fingerprint density at radius 2 is 1.11 bits per heavy atom. The van der Waals surface area contributed by atoms with E-state index >= 15 is 0 Å². The van der Waals surface area contributed by atoms with E-state index in [1.165, 1.54) is 12.4 Å². The Labute approximate surface area is 160 Å². The Kier molecular flexibility index (Phi) is 4.28. The molecule has 0 radical (unpaired) electrons. The summed E-state index contributed by atoms with van der Waals surface area (Å²) in [7, 11) is 0. The molecule has 28 heavy (non-hydrogen) atoms. The first-order valence-electron chi connectivity index (χ1n) is 8.55. The van der Waals surface area contributed by atoms with Gasteiger partial charge in [0.2, 0.25) is 0 Å². The van der Waals surface area contributed by atoms with E-state index in [0.717, 1.165) is 22.5 Å². The summed E-state index contributed by atoms with van der Waals surface area (Å²) in [5.41, 5.74) is 27.7. The van der Waals surface area contributed by atoms with Crippen molar-refractivity contribution in [2.75, 3.05) is 22.9 Å². The Balaban J connectivity index is 1.59. The number of nitrogen functional groups attached to an aromatic ring is 4. The summed E-state index contributed by atoms with van der Waals surface area (Å²) < 4.78 is 3.28. The SMILES string of the molecule is Nc1cnn(Cc2ccnc(-c3cc(Cn4ncc(N)c4N)ccn3)c2)c1N. The van der Waals surface area contributed by atoms with Crippen molar-refractivity contribution in [3.8, 4) is 11.4 Å². The number of pyridine rings is 2. The largest absolute Gasteiger partial charge is 0.394 e. The van der Waals surface area contributed by atoms with Crippen molar-refractivity contribution in [2.45, 2.75) is 13.1 Å². The monoisotopic (exact) mass is 376 g/mol. The van der Waals surface area contributed by atoms with E-state index in [0.29, 0.717) is 36.1 Å². The van der Waals surface area contributed by atoms with Crippen molar-refractivity contribution < 1.29 is 0 Å². The fraction of sp³-hybridized carbons (Fsp3) is 0.111. The molecular weight excluding hydrogens is 356 g/mol. The highest BCUT2D eigenvalue weighted by atomic mass is 15.3. The van der Waals surface area contributed by atoms with Gasteiger partial charge in [-0.1, -0.05) is 0 Å². The summed E-state index contributed by atoms with van der Waals surface area (Å²) in [6, 6.07) is 7.70. The lowest BCUT2D eigenvalue weighted by molar-refractivity contribution is 0.696. The van der Waals surface area contributed by atoms with Gasteiger partial charge in [-0.2, -0.15) is 10.2 Å². The van der Waals surface area contributed by atoms with Crippen molar-refractivity contribution in [3.63, 3.8) is 0 Å². The first-order valence-corrected chi connectivity index (χ1v) is 8.55. The van der Waals surface area contributed by atoms with Gasteiger partial charge in [0.05, 0.1) is 48.2 Å². The molecule has 4 aromatic heterocycles. The minimum atomic E-state index is 0.439. The molecule has 0 amide bonds. The zero-order chi connectivity index (χ0) is 19.7. The standard InChI is InChI=1S/C18H20N10/c19-13-7-25-27(17(13)21)9-11-1-3-23-15(5-11)16-6-12(2-4-24-16)10-28-18(22)14(20)8-26-28/h1-8H,9-10,19-22H2. The second kappa shape index (κ2) is 6.91. The van der Waals surface area contributed by atoms with Crippen LogP contribution < -0.4 is 22.9 Å². The van der Waals surface area contributed by atoms with E-state index < -0.39 is 0 Å². The van der Waals surface area contributed by atoms with Gasteiger partial charge in [-0.15, -0.1) is 0 Å². The van der Waals surface area contributed by atoms with Crippen LogP contribution in [0.3, 0.4) is 0 Å². The highest BCUT2D eigenvalue weighted by Crippen LogP contribution is 2.21. The fourth-order valence-electron chi connectivity index (χ4n) is 2.84. The van der Waals surface area contributed by atoms with Crippen molar-refractivity contribution >= 4 is 23.0 Å². The fourth-order valence-corrected chi connectivity index (χ4v) is 2.84. The second-order valence-corrected chi connectivity index (χ2v) is 6.38. The number of nitrogens with two attached hydrogens (primary N) is 4. The molecule has 0 aromatic carbocycles. The molecule has 0 saturated heterocycles. The molecule has 0 bridgehead atoms. The van der Waals surface area contributed by atoms with E-state index in [-0.39, 0.29) is 0 Å². The molecule has 0 atom stereocenters. The maximum atomic E-state index is 5.93. The summed E-state index contributed by atoms with van der Waals surface area (Å²) in [6.45, 7) is 0.975. The predicted molar refractivity (Wildman–Crippen MR) is 108 cm³/mol. The zero-order valence-electron chi connectivity index (χ0n) is 15.0. The molecule has 142 valence electrons. The van der Waals surface area contributed by atoms with Gasteiger partial charge in [0.15, 0.2) is 0 Å². The Bertz CT molecular complexity index is 1040. The average Bonchev–Trinajstić information content (AvgIpc) is 3.19. The highest BCUT2D eigenvalue weighted by molar-refractivity contribution is 5.59. The van der Waals surface area contributed by atoms with Gasteiger partial charge in [-0.25, -0.2) is 9.36 Å². The first-order chi connectivity index (χ1) is 13.5. The number of anilines is 4. The van der Waals surface area contributed by atoms with E-state index in [1.807, 2.05) is 24.3 Å². The maximum Gasteiger partial charge on any atom is 0.145 e. The van der Waals surface area contributed by atoms with Crippen LogP contribution in [0.1, 0.15) is 11.1 Å². The highest BCUT2D eigenvalue weighted by Gasteiger charge is 2.09. The van der Waals surface area contributed by atoms with Gasteiger partial charge in [-0.3, -0.25) is 9.97 Å². The van der Waals surface area contributed by atoms with Gasteiger partial charge in [-0.05, 0) is 35.4 Å². The zero-order valence-corrected chi connectivity index (χ0v) is 15.0. The van der Waals surface area contributed by atoms with Crippen molar-refractivity contribution in [3.05, 3.63) is 60.2 Å². The van der Waals surface area contributed by atoms with E-state index in [1.54, 1.807) is 21.8 Å². The Morgan fingerprint density at radius 3 is 1.46 bits per heavy atom. The van der Waals surface area contributed by atoms with Crippen LogP contribution in [-0.4, -0.2) is 29.5 Å². The van der Waals surface area contributed by atoms with Gasteiger partial charge >= 0.3 is 0 Å². The number of rotatable bonds is 5. The molecule has 0 aliphatic carbocycles. The van der Waals surface area contributed by atoms with Crippen molar-refractivity contribution in [2.24, 2.45) is 0 Å². The molecule has 0 spiro atoms. The lowest BCUT2D eigenvalue weighted by Crippen LogP contribution is -2.07. The second-order valence-electron chi connectivity index (χ2n) is 6.38. The predicted octanol–water partition coefficient (Wildman–Crippen LogP) is 0.962. The minimum Gasteiger partial charge on any atom is -0.394 e.